The number of hydrogen-bond acceptors (Lipinski definition) is 5. The van der Waals surface area contributed by atoms with Crippen LogP contribution in [0.5, 0.6) is 0 Å². The van der Waals surface area contributed by atoms with Crippen LogP contribution in [0, 0.1) is 6.92 Å². The third-order valence-corrected chi connectivity index (χ3v) is 6.19. The molecule has 0 saturated carbocycles. The zero-order valence-corrected chi connectivity index (χ0v) is 18.6. The molecule has 32 heavy (non-hydrogen) atoms. The van der Waals surface area contributed by atoms with Crippen LogP contribution >= 0.6 is 11.3 Å². The van der Waals surface area contributed by atoms with Crippen LogP contribution in [0.1, 0.15) is 29.5 Å². The van der Waals surface area contributed by atoms with Crippen molar-refractivity contribution in [1.29, 1.82) is 0 Å². The highest BCUT2D eigenvalue weighted by Crippen LogP contribution is 2.16. The first-order valence-electron chi connectivity index (χ1n) is 10.4. The molecule has 8 heteroatoms. The van der Waals surface area contributed by atoms with Gasteiger partial charge < -0.3 is 5.32 Å². The van der Waals surface area contributed by atoms with E-state index >= 15 is 0 Å². The molecule has 1 N–H and O–H groups in total. The minimum atomic E-state index is -0.371. The molecule has 4 rings (SSSR count). The summed E-state index contributed by atoms with van der Waals surface area (Å²) in [4.78, 5) is 42.3. The third-order valence-electron chi connectivity index (χ3n) is 5.30. The molecule has 1 aromatic carbocycles. The van der Waals surface area contributed by atoms with Crippen molar-refractivity contribution in [3.05, 3.63) is 97.8 Å². The molecular formula is C24H24N4O3S. The second kappa shape index (κ2) is 9.74. The smallest absolute Gasteiger partial charge is 0.331 e. The number of carbonyl (C=O) groups excluding carboxylic acids is 1. The van der Waals surface area contributed by atoms with Crippen molar-refractivity contribution < 1.29 is 4.79 Å². The van der Waals surface area contributed by atoms with Crippen LogP contribution in [0.4, 0.5) is 0 Å². The van der Waals surface area contributed by atoms with Crippen molar-refractivity contribution in [3.63, 3.8) is 0 Å². The summed E-state index contributed by atoms with van der Waals surface area (Å²) in [5, 5.41) is 4.70. The maximum atomic E-state index is 13.1. The van der Waals surface area contributed by atoms with Gasteiger partial charge in [0.05, 0.1) is 12.1 Å². The van der Waals surface area contributed by atoms with Gasteiger partial charge in [0.2, 0.25) is 5.91 Å². The second-order valence-corrected chi connectivity index (χ2v) is 8.60. The molecule has 164 valence electrons. The molecule has 1 amide bonds. The lowest BCUT2D eigenvalue weighted by molar-refractivity contribution is -0.121. The van der Waals surface area contributed by atoms with Crippen molar-refractivity contribution >= 4 is 27.5 Å². The number of thiophene rings is 1. The molecular weight excluding hydrogens is 424 g/mol. The van der Waals surface area contributed by atoms with Gasteiger partial charge in [-0.2, -0.15) is 0 Å². The van der Waals surface area contributed by atoms with Crippen molar-refractivity contribution in [3.8, 4) is 0 Å². The van der Waals surface area contributed by atoms with Crippen LogP contribution < -0.4 is 16.6 Å². The van der Waals surface area contributed by atoms with E-state index in [1.165, 1.54) is 21.5 Å². The highest BCUT2D eigenvalue weighted by Gasteiger charge is 2.15. The Hall–Kier alpha value is -3.52. The van der Waals surface area contributed by atoms with Crippen molar-refractivity contribution in [2.45, 2.75) is 39.4 Å². The Morgan fingerprint density at radius 1 is 1.06 bits per heavy atom. The number of aromatic nitrogens is 3. The van der Waals surface area contributed by atoms with Gasteiger partial charge in [0.1, 0.15) is 4.70 Å². The summed E-state index contributed by atoms with van der Waals surface area (Å²) < 4.78 is 3.38. The van der Waals surface area contributed by atoms with Gasteiger partial charge in [-0.15, -0.1) is 11.3 Å². The molecule has 0 unspecified atom stereocenters. The first-order chi connectivity index (χ1) is 15.5. The van der Waals surface area contributed by atoms with Crippen molar-refractivity contribution in [2.75, 3.05) is 0 Å². The van der Waals surface area contributed by atoms with E-state index in [4.69, 9.17) is 0 Å². The minimum absolute atomic E-state index is 0.105. The first-order valence-corrected chi connectivity index (χ1v) is 11.3. The monoisotopic (exact) mass is 448 g/mol. The van der Waals surface area contributed by atoms with Gasteiger partial charge in [-0.3, -0.25) is 23.7 Å². The Balaban J connectivity index is 1.45. The molecule has 0 aliphatic rings. The lowest BCUT2D eigenvalue weighted by Crippen LogP contribution is -2.40. The van der Waals surface area contributed by atoms with Gasteiger partial charge in [0, 0.05) is 31.9 Å². The van der Waals surface area contributed by atoms with Crippen molar-refractivity contribution in [1.82, 2.24) is 19.4 Å². The summed E-state index contributed by atoms with van der Waals surface area (Å²) in [6, 6.07) is 13.5. The fourth-order valence-corrected chi connectivity index (χ4v) is 4.39. The number of carbonyl (C=O) groups is 1. The summed E-state index contributed by atoms with van der Waals surface area (Å²) in [5.74, 6) is -0.105. The zero-order valence-electron chi connectivity index (χ0n) is 17.8. The van der Waals surface area contributed by atoms with Gasteiger partial charge in [-0.25, -0.2) is 4.79 Å². The molecule has 0 saturated heterocycles. The predicted octanol–water partition coefficient (Wildman–Crippen LogP) is 3.07. The highest BCUT2D eigenvalue weighted by molar-refractivity contribution is 7.17. The highest BCUT2D eigenvalue weighted by atomic mass is 32.1. The van der Waals surface area contributed by atoms with Crippen LogP contribution in [0.25, 0.3) is 10.2 Å². The lowest BCUT2D eigenvalue weighted by Gasteiger charge is -2.12. The van der Waals surface area contributed by atoms with Gasteiger partial charge in [0.25, 0.3) is 5.56 Å². The van der Waals surface area contributed by atoms with E-state index in [2.05, 4.69) is 10.3 Å². The van der Waals surface area contributed by atoms with Gasteiger partial charge in [-0.05, 0) is 42.0 Å². The van der Waals surface area contributed by atoms with E-state index in [0.717, 1.165) is 11.1 Å². The second-order valence-electron chi connectivity index (χ2n) is 7.69. The number of hydrogen-bond donors (Lipinski definition) is 1. The normalized spacial score (nSPS) is 11.0. The average Bonchev–Trinajstić information content (AvgIpc) is 3.29. The quantitative estimate of drug-likeness (QED) is 0.449. The number of benzene rings is 1. The van der Waals surface area contributed by atoms with E-state index < -0.39 is 0 Å². The molecule has 7 nitrogen and oxygen atoms in total. The number of nitrogens with one attached hydrogen (secondary N) is 1. The number of amides is 1. The Morgan fingerprint density at radius 3 is 2.62 bits per heavy atom. The zero-order chi connectivity index (χ0) is 22.5. The maximum absolute atomic E-state index is 13.1. The third kappa shape index (κ3) is 4.86. The van der Waals surface area contributed by atoms with E-state index in [1.807, 2.05) is 48.7 Å². The van der Waals surface area contributed by atoms with Crippen molar-refractivity contribution in [2.24, 2.45) is 0 Å². The minimum Gasteiger partial charge on any atom is -0.352 e. The Kier molecular flexibility index (Phi) is 6.61. The van der Waals surface area contributed by atoms with Crippen LogP contribution in [-0.4, -0.2) is 20.0 Å². The number of nitrogens with zero attached hydrogens (tertiary/aromatic N) is 3. The molecule has 0 spiro atoms. The maximum Gasteiger partial charge on any atom is 0.331 e. The van der Waals surface area contributed by atoms with Gasteiger partial charge in [-0.1, -0.05) is 35.9 Å². The molecule has 0 aliphatic carbocycles. The summed E-state index contributed by atoms with van der Waals surface area (Å²) in [7, 11) is 0. The molecule has 0 radical (unpaired) electrons. The van der Waals surface area contributed by atoms with E-state index in [1.54, 1.807) is 23.0 Å². The first kappa shape index (κ1) is 21.7. The molecule has 0 aliphatic heterocycles. The van der Waals surface area contributed by atoms with E-state index in [9.17, 15) is 14.4 Å². The Bertz CT molecular complexity index is 1340. The van der Waals surface area contributed by atoms with E-state index in [0.29, 0.717) is 29.7 Å². The predicted molar refractivity (Wildman–Crippen MR) is 126 cm³/mol. The Morgan fingerprint density at radius 2 is 1.88 bits per heavy atom. The fraction of sp³-hybridized carbons (Fsp3) is 0.250. The van der Waals surface area contributed by atoms with Crippen LogP contribution in [-0.2, 0) is 24.4 Å². The number of rotatable bonds is 8. The van der Waals surface area contributed by atoms with Crippen LogP contribution in [0.15, 0.2) is 69.8 Å². The molecule has 3 heterocycles. The largest absolute Gasteiger partial charge is 0.352 e. The van der Waals surface area contributed by atoms with Crippen LogP contribution in [0.3, 0.4) is 0 Å². The molecule has 4 aromatic rings. The fourth-order valence-electron chi connectivity index (χ4n) is 3.55. The van der Waals surface area contributed by atoms with Gasteiger partial charge >= 0.3 is 5.69 Å². The van der Waals surface area contributed by atoms with Gasteiger partial charge in [0.15, 0.2) is 0 Å². The lowest BCUT2D eigenvalue weighted by atomic mass is 10.1. The molecule has 0 atom stereocenters. The molecule has 0 bridgehead atoms. The molecule has 0 fully saturated rings. The molecule has 3 aromatic heterocycles. The summed E-state index contributed by atoms with van der Waals surface area (Å²) >= 11 is 1.32. The topological polar surface area (TPSA) is 86.0 Å². The summed E-state index contributed by atoms with van der Waals surface area (Å²) in [6.45, 7) is 2.99. The standard InChI is InChI=1S/C24H24N4O3S/c1-17-6-8-18(9-7-17)15-26-21(29)5-3-12-27-23(30)22-20(10-13-32-22)28(24(27)31)16-19-4-2-11-25-14-19/h2,4,6-11,13-14H,3,5,12,15-16H2,1H3,(H,26,29). The summed E-state index contributed by atoms with van der Waals surface area (Å²) in [6.07, 6.45) is 4.03. The summed E-state index contributed by atoms with van der Waals surface area (Å²) in [5.41, 5.74) is 3.03. The SMILES string of the molecule is Cc1ccc(CNC(=O)CCCn2c(=O)c3sccc3n(Cc3cccnc3)c2=O)cc1. The number of pyridine rings is 1. The Labute approximate surface area is 189 Å². The van der Waals surface area contributed by atoms with E-state index in [-0.39, 0.29) is 30.1 Å². The number of fused-ring (bicyclic) bond motifs is 1. The number of aryl methyl sites for hydroxylation is 1. The average molecular weight is 449 g/mol. The van der Waals surface area contributed by atoms with Crippen LogP contribution in [0.2, 0.25) is 0 Å².